The Bertz CT molecular complexity index is 150. The Morgan fingerprint density at radius 3 is 2.77 bits per heavy atom. The number of aliphatic hydroxyl groups is 2. The number of rotatable bonds is 4. The zero-order valence-electron chi connectivity index (χ0n) is 8.61. The zero-order valence-corrected chi connectivity index (χ0v) is 8.61. The van der Waals surface area contributed by atoms with E-state index >= 15 is 0 Å². The summed E-state index contributed by atoms with van der Waals surface area (Å²) in [7, 11) is 0. The maximum atomic E-state index is 9.17. The van der Waals surface area contributed by atoms with E-state index in [0.717, 1.165) is 19.5 Å². The average molecular weight is 187 g/mol. The summed E-state index contributed by atoms with van der Waals surface area (Å²) in [5, 5.41) is 18.3. The fourth-order valence-electron chi connectivity index (χ4n) is 2.01. The first kappa shape index (κ1) is 11.0. The molecule has 1 rings (SSSR count). The van der Waals surface area contributed by atoms with Gasteiger partial charge in [0.1, 0.15) is 0 Å². The molecule has 0 spiro atoms. The van der Waals surface area contributed by atoms with Crippen LogP contribution in [-0.4, -0.2) is 47.0 Å². The lowest BCUT2D eigenvalue weighted by molar-refractivity contribution is 0.113. The first-order chi connectivity index (χ1) is 6.15. The molecule has 2 N–H and O–H groups in total. The van der Waals surface area contributed by atoms with Crippen LogP contribution in [-0.2, 0) is 0 Å². The van der Waals surface area contributed by atoms with Crippen LogP contribution in [0.15, 0.2) is 0 Å². The molecule has 3 atom stereocenters. The fraction of sp³-hybridized carbons (Fsp3) is 1.00. The van der Waals surface area contributed by atoms with E-state index in [-0.39, 0.29) is 12.7 Å². The Labute approximate surface area is 80.4 Å². The molecule has 78 valence electrons. The van der Waals surface area contributed by atoms with Gasteiger partial charge in [-0.2, -0.15) is 0 Å². The van der Waals surface area contributed by atoms with Crippen LogP contribution >= 0.6 is 0 Å². The van der Waals surface area contributed by atoms with Crippen molar-refractivity contribution in [2.45, 2.75) is 38.8 Å². The molecule has 1 fully saturated rings. The highest BCUT2D eigenvalue weighted by atomic mass is 16.3. The van der Waals surface area contributed by atoms with Crippen LogP contribution in [0.3, 0.4) is 0 Å². The third-order valence-electron chi connectivity index (χ3n) is 3.02. The molecule has 3 heteroatoms. The Kier molecular flexibility index (Phi) is 4.16. The standard InChI is InChI=1S/C10H21NO2/c1-8-3-5-11(10(8)7-12)6-4-9(2)13/h8-10,12-13H,3-7H2,1-2H3. The van der Waals surface area contributed by atoms with Gasteiger partial charge in [-0.3, -0.25) is 4.90 Å². The van der Waals surface area contributed by atoms with Crippen LogP contribution < -0.4 is 0 Å². The quantitative estimate of drug-likeness (QED) is 0.672. The van der Waals surface area contributed by atoms with Crippen molar-refractivity contribution in [2.24, 2.45) is 5.92 Å². The highest BCUT2D eigenvalue weighted by molar-refractivity contribution is 4.84. The van der Waals surface area contributed by atoms with Gasteiger partial charge in [0.05, 0.1) is 12.7 Å². The molecule has 0 amide bonds. The van der Waals surface area contributed by atoms with E-state index < -0.39 is 0 Å². The van der Waals surface area contributed by atoms with Gasteiger partial charge >= 0.3 is 0 Å². The third-order valence-corrected chi connectivity index (χ3v) is 3.02. The van der Waals surface area contributed by atoms with Crippen LogP contribution in [0.1, 0.15) is 26.7 Å². The molecular weight excluding hydrogens is 166 g/mol. The van der Waals surface area contributed by atoms with Crippen molar-refractivity contribution in [2.75, 3.05) is 19.7 Å². The van der Waals surface area contributed by atoms with Gasteiger partial charge in [0.2, 0.25) is 0 Å². The maximum absolute atomic E-state index is 9.17. The molecule has 3 nitrogen and oxygen atoms in total. The third kappa shape index (κ3) is 2.93. The molecule has 0 radical (unpaired) electrons. The second kappa shape index (κ2) is 4.94. The summed E-state index contributed by atoms with van der Waals surface area (Å²) in [6, 6.07) is 0.318. The zero-order chi connectivity index (χ0) is 9.84. The molecule has 13 heavy (non-hydrogen) atoms. The largest absolute Gasteiger partial charge is 0.395 e. The van der Waals surface area contributed by atoms with Gasteiger partial charge in [-0.05, 0) is 32.2 Å². The van der Waals surface area contributed by atoms with Crippen molar-refractivity contribution in [3.8, 4) is 0 Å². The van der Waals surface area contributed by atoms with Crippen LogP contribution in [0.4, 0.5) is 0 Å². The van der Waals surface area contributed by atoms with Gasteiger partial charge in [-0.15, -0.1) is 0 Å². The molecule has 1 saturated heterocycles. The minimum absolute atomic E-state index is 0.227. The number of aliphatic hydroxyl groups excluding tert-OH is 2. The summed E-state index contributed by atoms with van der Waals surface area (Å²) >= 11 is 0. The van der Waals surface area contributed by atoms with Crippen molar-refractivity contribution in [1.82, 2.24) is 4.90 Å². The van der Waals surface area contributed by atoms with E-state index in [4.69, 9.17) is 10.2 Å². The minimum Gasteiger partial charge on any atom is -0.395 e. The second-order valence-corrected chi connectivity index (χ2v) is 4.19. The van der Waals surface area contributed by atoms with Crippen LogP contribution in [0.25, 0.3) is 0 Å². The lowest BCUT2D eigenvalue weighted by Crippen LogP contribution is -2.36. The summed E-state index contributed by atoms with van der Waals surface area (Å²) in [4.78, 5) is 2.29. The van der Waals surface area contributed by atoms with Gasteiger partial charge in [-0.1, -0.05) is 6.92 Å². The number of hydrogen-bond donors (Lipinski definition) is 2. The molecule has 0 saturated carbocycles. The normalized spacial score (nSPS) is 32.3. The first-order valence-electron chi connectivity index (χ1n) is 5.18. The van der Waals surface area contributed by atoms with Gasteiger partial charge < -0.3 is 10.2 Å². The molecule has 1 aliphatic heterocycles. The first-order valence-corrected chi connectivity index (χ1v) is 5.18. The average Bonchev–Trinajstić information content (AvgIpc) is 2.42. The van der Waals surface area contributed by atoms with Crippen molar-refractivity contribution in [1.29, 1.82) is 0 Å². The van der Waals surface area contributed by atoms with E-state index in [1.54, 1.807) is 0 Å². The molecule has 0 aliphatic carbocycles. The SMILES string of the molecule is CC(O)CCN1CCC(C)C1CO. The summed E-state index contributed by atoms with van der Waals surface area (Å²) in [5.41, 5.74) is 0. The van der Waals surface area contributed by atoms with Crippen LogP contribution in [0.2, 0.25) is 0 Å². The highest BCUT2D eigenvalue weighted by Gasteiger charge is 2.29. The van der Waals surface area contributed by atoms with Gasteiger partial charge in [0.15, 0.2) is 0 Å². The summed E-state index contributed by atoms with van der Waals surface area (Å²) < 4.78 is 0. The topological polar surface area (TPSA) is 43.7 Å². The molecule has 1 aliphatic rings. The Balaban J connectivity index is 2.32. The van der Waals surface area contributed by atoms with Gasteiger partial charge in [-0.25, -0.2) is 0 Å². The second-order valence-electron chi connectivity index (χ2n) is 4.19. The molecule has 0 aromatic heterocycles. The van der Waals surface area contributed by atoms with E-state index in [1.165, 1.54) is 6.42 Å². The predicted molar refractivity (Wildman–Crippen MR) is 52.5 cm³/mol. The predicted octanol–water partition coefficient (Wildman–Crippen LogP) is 0.460. The Hall–Kier alpha value is -0.120. The molecule has 1 heterocycles. The minimum atomic E-state index is -0.227. The van der Waals surface area contributed by atoms with Crippen molar-refractivity contribution in [3.63, 3.8) is 0 Å². The summed E-state index contributed by atoms with van der Waals surface area (Å²) in [6.45, 7) is 6.23. The maximum Gasteiger partial charge on any atom is 0.0589 e. The number of hydrogen-bond acceptors (Lipinski definition) is 3. The smallest absolute Gasteiger partial charge is 0.0589 e. The van der Waals surface area contributed by atoms with Gasteiger partial charge in [0, 0.05) is 12.6 Å². The van der Waals surface area contributed by atoms with Crippen LogP contribution in [0.5, 0.6) is 0 Å². The van der Waals surface area contributed by atoms with Crippen molar-refractivity contribution >= 4 is 0 Å². The van der Waals surface area contributed by atoms with E-state index in [1.807, 2.05) is 6.92 Å². The molecule has 0 aromatic rings. The van der Waals surface area contributed by atoms with E-state index in [0.29, 0.717) is 12.0 Å². The number of nitrogens with zero attached hydrogens (tertiary/aromatic N) is 1. The molecule has 3 unspecified atom stereocenters. The summed E-state index contributed by atoms with van der Waals surface area (Å²) in [6.07, 6.45) is 1.75. The molecular formula is C10H21NO2. The van der Waals surface area contributed by atoms with Crippen molar-refractivity contribution in [3.05, 3.63) is 0 Å². The van der Waals surface area contributed by atoms with E-state index in [9.17, 15) is 0 Å². The lowest BCUT2D eigenvalue weighted by Gasteiger charge is -2.25. The van der Waals surface area contributed by atoms with Gasteiger partial charge in [0.25, 0.3) is 0 Å². The summed E-state index contributed by atoms with van der Waals surface area (Å²) in [5.74, 6) is 0.596. The van der Waals surface area contributed by atoms with Crippen LogP contribution in [0, 0.1) is 5.92 Å². The van der Waals surface area contributed by atoms with Crippen molar-refractivity contribution < 1.29 is 10.2 Å². The molecule has 0 aromatic carbocycles. The fourth-order valence-corrected chi connectivity index (χ4v) is 2.01. The Morgan fingerprint density at radius 2 is 2.23 bits per heavy atom. The van der Waals surface area contributed by atoms with E-state index in [2.05, 4.69) is 11.8 Å². The molecule has 0 bridgehead atoms. The Morgan fingerprint density at radius 1 is 1.54 bits per heavy atom. The lowest BCUT2D eigenvalue weighted by atomic mass is 10.0. The highest BCUT2D eigenvalue weighted by Crippen LogP contribution is 2.23. The number of likely N-dealkylation sites (tertiary alicyclic amines) is 1. The monoisotopic (exact) mass is 187 g/mol.